The molecule has 1 aromatic carbocycles. The van der Waals surface area contributed by atoms with Gasteiger partial charge in [-0.1, -0.05) is 13.8 Å². The monoisotopic (exact) mass is 330 g/mol. The van der Waals surface area contributed by atoms with Crippen LogP contribution in [0.4, 0.5) is 0 Å². The van der Waals surface area contributed by atoms with Crippen LogP contribution in [-0.4, -0.2) is 29.5 Å². The van der Waals surface area contributed by atoms with Gasteiger partial charge in [0.25, 0.3) is 0 Å². The Morgan fingerprint density at radius 3 is 2.46 bits per heavy atom. The van der Waals surface area contributed by atoms with Crippen molar-refractivity contribution in [1.29, 1.82) is 0 Å². The molecule has 0 saturated carbocycles. The van der Waals surface area contributed by atoms with Crippen molar-refractivity contribution in [1.82, 2.24) is 0 Å². The highest BCUT2D eigenvalue weighted by Gasteiger charge is 2.43. The Kier molecular flexibility index (Phi) is 3.15. The quantitative estimate of drug-likeness (QED) is 0.692. The van der Waals surface area contributed by atoms with E-state index >= 15 is 0 Å². The van der Waals surface area contributed by atoms with Crippen molar-refractivity contribution in [2.75, 3.05) is 6.61 Å². The molecule has 1 aromatic heterocycles. The van der Waals surface area contributed by atoms with Crippen LogP contribution in [0.15, 0.2) is 27.4 Å². The van der Waals surface area contributed by atoms with Gasteiger partial charge in [0.1, 0.15) is 17.4 Å². The Morgan fingerprint density at radius 1 is 1.12 bits per heavy atom. The molecule has 1 fully saturated rings. The van der Waals surface area contributed by atoms with E-state index in [2.05, 4.69) is 0 Å². The molecule has 0 spiro atoms. The molecule has 128 valence electrons. The Bertz CT molecular complexity index is 868. The first-order valence-corrected chi connectivity index (χ1v) is 8.28. The van der Waals surface area contributed by atoms with Crippen LogP contribution in [0.2, 0.25) is 0 Å². The smallest absolute Gasteiger partial charge is 0.340 e. The molecule has 2 atom stereocenters. The average Bonchev–Trinajstić information content (AvgIpc) is 3.24. The van der Waals surface area contributed by atoms with Crippen molar-refractivity contribution in [3.63, 3.8) is 0 Å². The van der Waals surface area contributed by atoms with Gasteiger partial charge in [0.2, 0.25) is 0 Å². The van der Waals surface area contributed by atoms with Crippen LogP contribution >= 0.6 is 0 Å². The lowest BCUT2D eigenvalue weighted by Gasteiger charge is -2.24. The molecule has 0 bridgehead atoms. The van der Waals surface area contributed by atoms with Crippen LogP contribution < -0.4 is 10.4 Å². The standard InChI is InChI=1S/C19H22O5/c1-18(2,16-9-22-16)12-6-10-5-11-7-15(19(3,4)21)23-13(11)8-14(10)24-17(12)20/h5-6,8,15-16,21H,7,9H2,1-4H3/t15-,16+/m0/s1. The molecule has 2 aliphatic rings. The zero-order chi connectivity index (χ0) is 17.3. The molecule has 5 nitrogen and oxygen atoms in total. The summed E-state index contributed by atoms with van der Waals surface area (Å²) in [6.45, 7) is 8.15. The number of rotatable bonds is 3. The second-order valence-corrected chi connectivity index (χ2v) is 7.95. The number of hydrogen-bond donors (Lipinski definition) is 1. The molecule has 0 unspecified atom stereocenters. The van der Waals surface area contributed by atoms with Crippen molar-refractivity contribution >= 4 is 11.0 Å². The number of benzene rings is 1. The summed E-state index contributed by atoms with van der Waals surface area (Å²) in [6, 6.07) is 5.65. The van der Waals surface area contributed by atoms with Crippen LogP contribution in [-0.2, 0) is 16.6 Å². The van der Waals surface area contributed by atoms with Gasteiger partial charge >= 0.3 is 5.63 Å². The predicted molar refractivity (Wildman–Crippen MR) is 89.7 cm³/mol. The molecule has 4 rings (SSSR count). The minimum Gasteiger partial charge on any atom is -0.487 e. The lowest BCUT2D eigenvalue weighted by atomic mass is 9.82. The first-order chi connectivity index (χ1) is 11.2. The third-order valence-corrected chi connectivity index (χ3v) is 5.21. The highest BCUT2D eigenvalue weighted by molar-refractivity contribution is 5.80. The summed E-state index contributed by atoms with van der Waals surface area (Å²) in [7, 11) is 0. The molecule has 0 amide bonds. The van der Waals surface area contributed by atoms with Crippen LogP contribution in [0.5, 0.6) is 5.75 Å². The average molecular weight is 330 g/mol. The van der Waals surface area contributed by atoms with E-state index < -0.39 is 5.60 Å². The van der Waals surface area contributed by atoms with Gasteiger partial charge in [-0.3, -0.25) is 0 Å². The van der Waals surface area contributed by atoms with Crippen molar-refractivity contribution in [3.05, 3.63) is 39.7 Å². The molecule has 0 aliphatic carbocycles. The van der Waals surface area contributed by atoms with Crippen molar-refractivity contribution < 1.29 is 19.0 Å². The summed E-state index contributed by atoms with van der Waals surface area (Å²) in [5, 5.41) is 11.0. The highest BCUT2D eigenvalue weighted by Crippen LogP contribution is 2.38. The second kappa shape index (κ2) is 4.83. The normalized spacial score (nSPS) is 23.2. The molecule has 0 radical (unpaired) electrons. The predicted octanol–water partition coefficient (Wildman–Crippen LogP) is 2.54. The lowest BCUT2D eigenvalue weighted by molar-refractivity contribution is -0.0229. The molecular weight excluding hydrogens is 308 g/mol. The van der Waals surface area contributed by atoms with Crippen molar-refractivity contribution in [2.24, 2.45) is 0 Å². The van der Waals surface area contributed by atoms with Crippen molar-refractivity contribution in [3.8, 4) is 5.75 Å². The number of aliphatic hydroxyl groups is 1. The van der Waals surface area contributed by atoms with E-state index in [1.54, 1.807) is 19.9 Å². The second-order valence-electron chi connectivity index (χ2n) is 7.95. The summed E-state index contributed by atoms with van der Waals surface area (Å²) in [6.07, 6.45) is 0.403. The van der Waals surface area contributed by atoms with Gasteiger partial charge in [0.15, 0.2) is 0 Å². The minimum absolute atomic E-state index is 0.0650. The molecule has 2 aromatic rings. The SMILES string of the molecule is CC(C)(O)[C@@H]1Cc2cc3cc(C(C)(C)[C@H]4CO4)c(=O)oc3cc2O1. The molecule has 3 heterocycles. The number of hydrogen-bond acceptors (Lipinski definition) is 5. The number of ether oxygens (including phenoxy) is 2. The van der Waals surface area contributed by atoms with Crippen molar-refractivity contribution in [2.45, 2.75) is 57.3 Å². The van der Waals surface area contributed by atoms with Crippen LogP contribution in [0.1, 0.15) is 38.8 Å². The zero-order valence-corrected chi connectivity index (χ0v) is 14.4. The molecule has 5 heteroatoms. The Morgan fingerprint density at radius 2 is 1.83 bits per heavy atom. The maximum Gasteiger partial charge on any atom is 0.340 e. The summed E-state index contributed by atoms with van der Waals surface area (Å²) in [5.74, 6) is 0.676. The topological polar surface area (TPSA) is 72.2 Å². The van der Waals surface area contributed by atoms with E-state index in [0.29, 0.717) is 29.9 Å². The highest BCUT2D eigenvalue weighted by atomic mass is 16.6. The fraction of sp³-hybridized carbons (Fsp3) is 0.526. The molecule has 24 heavy (non-hydrogen) atoms. The van der Waals surface area contributed by atoms with Crippen LogP contribution in [0.25, 0.3) is 11.0 Å². The van der Waals surface area contributed by atoms with Gasteiger partial charge in [0, 0.05) is 28.9 Å². The molecule has 1 N–H and O–H groups in total. The maximum atomic E-state index is 12.4. The van der Waals surface area contributed by atoms with Gasteiger partial charge in [-0.2, -0.15) is 0 Å². The largest absolute Gasteiger partial charge is 0.487 e. The number of fused-ring (bicyclic) bond motifs is 2. The van der Waals surface area contributed by atoms with E-state index in [1.807, 2.05) is 26.0 Å². The summed E-state index contributed by atoms with van der Waals surface area (Å²) in [5.41, 5.74) is 0.527. The van der Waals surface area contributed by atoms with Crippen LogP contribution in [0, 0.1) is 0 Å². The third-order valence-electron chi connectivity index (χ3n) is 5.21. The first kappa shape index (κ1) is 15.7. The van der Waals surface area contributed by atoms with E-state index in [9.17, 15) is 9.90 Å². The number of epoxide rings is 1. The summed E-state index contributed by atoms with van der Waals surface area (Å²) >= 11 is 0. The lowest BCUT2D eigenvalue weighted by Crippen LogP contribution is -2.39. The summed E-state index contributed by atoms with van der Waals surface area (Å²) in [4.78, 5) is 12.4. The fourth-order valence-electron chi connectivity index (χ4n) is 3.34. The zero-order valence-electron chi connectivity index (χ0n) is 14.4. The molecular formula is C19H22O5. The van der Waals surface area contributed by atoms with Crippen LogP contribution in [0.3, 0.4) is 0 Å². The van der Waals surface area contributed by atoms with Gasteiger partial charge in [-0.25, -0.2) is 4.79 Å². The fourth-order valence-corrected chi connectivity index (χ4v) is 3.34. The maximum absolute atomic E-state index is 12.4. The Labute approximate surface area is 140 Å². The van der Waals surface area contributed by atoms with E-state index in [4.69, 9.17) is 13.9 Å². The third kappa shape index (κ3) is 2.43. The van der Waals surface area contributed by atoms with E-state index in [1.165, 1.54) is 0 Å². The summed E-state index contributed by atoms with van der Waals surface area (Å²) < 4.78 is 16.8. The van der Waals surface area contributed by atoms with Gasteiger partial charge < -0.3 is 19.0 Å². The van der Waals surface area contributed by atoms with E-state index in [0.717, 1.165) is 10.9 Å². The van der Waals surface area contributed by atoms with E-state index in [-0.39, 0.29) is 23.2 Å². The first-order valence-electron chi connectivity index (χ1n) is 8.28. The minimum atomic E-state index is -0.928. The van der Waals surface area contributed by atoms with Gasteiger partial charge in [-0.15, -0.1) is 0 Å². The Balaban J connectivity index is 1.80. The van der Waals surface area contributed by atoms with Gasteiger partial charge in [-0.05, 0) is 31.5 Å². The Hall–Kier alpha value is -1.85. The molecule has 1 saturated heterocycles. The molecule has 2 aliphatic heterocycles. The van der Waals surface area contributed by atoms with Gasteiger partial charge in [0.05, 0.1) is 18.3 Å².